The molecule has 0 saturated carbocycles. The topological polar surface area (TPSA) is 86.4 Å². The molecular formula is C26H25N3O4. The first-order valence-corrected chi connectivity index (χ1v) is 10.6. The van der Waals surface area contributed by atoms with E-state index in [1.165, 1.54) is 4.57 Å². The van der Waals surface area contributed by atoms with Crippen molar-refractivity contribution in [2.75, 3.05) is 13.2 Å². The van der Waals surface area contributed by atoms with Crippen molar-refractivity contribution < 1.29 is 13.9 Å². The number of carbonyl (C=O) groups is 1. The summed E-state index contributed by atoms with van der Waals surface area (Å²) in [6.45, 7) is 8.33. The van der Waals surface area contributed by atoms with Gasteiger partial charge in [-0.15, -0.1) is 0 Å². The Morgan fingerprint density at radius 3 is 2.67 bits per heavy atom. The van der Waals surface area contributed by atoms with Crippen molar-refractivity contribution in [3.63, 3.8) is 0 Å². The average Bonchev–Trinajstić information content (AvgIpc) is 3.32. The molecule has 0 aliphatic heterocycles. The molecule has 168 valence electrons. The molecule has 1 amide bonds. The predicted molar refractivity (Wildman–Crippen MR) is 127 cm³/mol. The van der Waals surface area contributed by atoms with Crippen molar-refractivity contribution >= 4 is 16.8 Å². The largest absolute Gasteiger partial charge is 0.489 e. The molecule has 0 radical (unpaired) electrons. The highest BCUT2D eigenvalue weighted by Gasteiger charge is 2.12. The second kappa shape index (κ2) is 9.56. The van der Waals surface area contributed by atoms with Crippen molar-refractivity contribution in [2.24, 2.45) is 0 Å². The number of carbonyl (C=O) groups excluding carboxylic acids is 1. The SMILES string of the molecule is C=C(C)COc1ccc2nc(C)n(-c3ccc(C(=O)NCCc4ccco4)cc3)c(=O)c2c1. The lowest BCUT2D eigenvalue weighted by Gasteiger charge is -2.13. The van der Waals surface area contributed by atoms with Crippen LogP contribution in [0.1, 0.15) is 28.9 Å². The number of rotatable bonds is 8. The van der Waals surface area contributed by atoms with Gasteiger partial charge in [0.15, 0.2) is 0 Å². The minimum atomic E-state index is -0.200. The van der Waals surface area contributed by atoms with E-state index >= 15 is 0 Å². The third-order valence-electron chi connectivity index (χ3n) is 5.12. The molecule has 0 saturated heterocycles. The highest BCUT2D eigenvalue weighted by molar-refractivity contribution is 5.94. The predicted octanol–water partition coefficient (Wildman–Crippen LogP) is 4.21. The molecule has 7 nitrogen and oxygen atoms in total. The third kappa shape index (κ3) is 5.03. The molecule has 0 aliphatic carbocycles. The number of ether oxygens (including phenoxy) is 1. The Hall–Kier alpha value is -4.13. The van der Waals surface area contributed by atoms with Crippen molar-refractivity contribution in [2.45, 2.75) is 20.3 Å². The molecule has 7 heteroatoms. The molecule has 2 aromatic carbocycles. The van der Waals surface area contributed by atoms with Crippen LogP contribution in [0.4, 0.5) is 0 Å². The lowest BCUT2D eigenvalue weighted by atomic mass is 10.1. The van der Waals surface area contributed by atoms with Crippen LogP contribution in [-0.4, -0.2) is 28.6 Å². The first kappa shape index (κ1) is 22.1. The summed E-state index contributed by atoms with van der Waals surface area (Å²) in [6.07, 6.45) is 2.23. The van der Waals surface area contributed by atoms with E-state index in [2.05, 4.69) is 16.9 Å². The number of aromatic nitrogens is 2. The van der Waals surface area contributed by atoms with Gasteiger partial charge in [0.25, 0.3) is 11.5 Å². The standard InChI is InChI=1S/C26H25N3O4/c1-17(2)16-33-22-10-11-24-23(15-22)26(31)29(18(3)28-24)20-8-6-19(7-9-20)25(30)27-13-12-21-5-4-14-32-21/h4-11,14-15H,1,12-13,16H2,2-3H3,(H,27,30). The minimum Gasteiger partial charge on any atom is -0.489 e. The molecule has 0 unspecified atom stereocenters. The molecular weight excluding hydrogens is 418 g/mol. The van der Waals surface area contributed by atoms with Gasteiger partial charge in [-0.1, -0.05) is 6.58 Å². The average molecular weight is 444 g/mol. The van der Waals surface area contributed by atoms with Crippen LogP contribution in [0, 0.1) is 6.92 Å². The van der Waals surface area contributed by atoms with Crippen LogP contribution in [0.25, 0.3) is 16.6 Å². The van der Waals surface area contributed by atoms with Crippen LogP contribution in [0.5, 0.6) is 5.75 Å². The Labute approximate surface area is 191 Å². The van der Waals surface area contributed by atoms with Crippen LogP contribution in [0.3, 0.4) is 0 Å². The Kier molecular flexibility index (Phi) is 6.40. The summed E-state index contributed by atoms with van der Waals surface area (Å²) in [7, 11) is 0. The van der Waals surface area contributed by atoms with Gasteiger partial charge in [-0.25, -0.2) is 4.98 Å². The molecule has 0 fully saturated rings. The Morgan fingerprint density at radius 1 is 1.18 bits per heavy atom. The lowest BCUT2D eigenvalue weighted by Crippen LogP contribution is -2.26. The molecule has 0 atom stereocenters. The fourth-order valence-electron chi connectivity index (χ4n) is 3.49. The third-order valence-corrected chi connectivity index (χ3v) is 5.12. The highest BCUT2D eigenvalue weighted by atomic mass is 16.5. The van der Waals surface area contributed by atoms with Crippen LogP contribution in [0.2, 0.25) is 0 Å². The number of benzene rings is 2. The number of hydrogen-bond donors (Lipinski definition) is 1. The van der Waals surface area contributed by atoms with Gasteiger partial charge in [0.05, 0.1) is 22.9 Å². The molecule has 2 aromatic heterocycles. The maximum Gasteiger partial charge on any atom is 0.266 e. The van der Waals surface area contributed by atoms with E-state index < -0.39 is 0 Å². The van der Waals surface area contributed by atoms with Crippen LogP contribution in [0.15, 0.2) is 82.2 Å². The van der Waals surface area contributed by atoms with Gasteiger partial charge in [-0.3, -0.25) is 14.2 Å². The molecule has 0 bridgehead atoms. The smallest absolute Gasteiger partial charge is 0.266 e. The van der Waals surface area contributed by atoms with Crippen LogP contribution in [-0.2, 0) is 6.42 Å². The number of hydrogen-bond acceptors (Lipinski definition) is 5. The monoisotopic (exact) mass is 443 g/mol. The highest BCUT2D eigenvalue weighted by Crippen LogP contribution is 2.19. The first-order valence-electron chi connectivity index (χ1n) is 10.6. The minimum absolute atomic E-state index is 0.187. The summed E-state index contributed by atoms with van der Waals surface area (Å²) in [4.78, 5) is 30.3. The fourth-order valence-corrected chi connectivity index (χ4v) is 3.49. The summed E-state index contributed by atoms with van der Waals surface area (Å²) in [5.74, 6) is 1.77. The summed E-state index contributed by atoms with van der Waals surface area (Å²) in [5.41, 5.74) is 2.43. The van der Waals surface area contributed by atoms with E-state index in [0.29, 0.717) is 53.3 Å². The summed E-state index contributed by atoms with van der Waals surface area (Å²) < 4.78 is 12.5. The number of fused-ring (bicyclic) bond motifs is 1. The van der Waals surface area contributed by atoms with Gasteiger partial charge in [0.1, 0.15) is 23.9 Å². The van der Waals surface area contributed by atoms with E-state index in [-0.39, 0.29) is 11.5 Å². The van der Waals surface area contributed by atoms with Crippen molar-refractivity contribution in [3.05, 3.63) is 101 Å². The maximum atomic E-state index is 13.3. The van der Waals surface area contributed by atoms with Gasteiger partial charge in [0.2, 0.25) is 0 Å². The van der Waals surface area contributed by atoms with Gasteiger partial charge in [-0.05, 0) is 74.0 Å². The van der Waals surface area contributed by atoms with Crippen LogP contribution >= 0.6 is 0 Å². The van der Waals surface area contributed by atoms with E-state index in [1.807, 2.05) is 19.1 Å². The molecule has 4 rings (SSSR count). The Balaban J connectivity index is 1.55. The second-order valence-corrected chi connectivity index (χ2v) is 7.86. The van der Waals surface area contributed by atoms with Crippen molar-refractivity contribution in [1.29, 1.82) is 0 Å². The zero-order valence-electron chi connectivity index (χ0n) is 18.6. The molecule has 4 aromatic rings. The van der Waals surface area contributed by atoms with E-state index in [1.54, 1.807) is 55.7 Å². The van der Waals surface area contributed by atoms with Crippen molar-refractivity contribution in [3.8, 4) is 11.4 Å². The zero-order valence-corrected chi connectivity index (χ0v) is 18.6. The second-order valence-electron chi connectivity index (χ2n) is 7.86. The van der Waals surface area contributed by atoms with Gasteiger partial charge >= 0.3 is 0 Å². The fraction of sp³-hybridized carbons (Fsp3) is 0.192. The number of furan rings is 1. The Bertz CT molecular complexity index is 1350. The quantitative estimate of drug-likeness (QED) is 0.412. The van der Waals surface area contributed by atoms with E-state index in [0.717, 1.165) is 11.3 Å². The zero-order chi connectivity index (χ0) is 23.4. The summed E-state index contributed by atoms with van der Waals surface area (Å²) in [5, 5.41) is 3.33. The van der Waals surface area contributed by atoms with E-state index in [4.69, 9.17) is 9.15 Å². The molecule has 0 aliphatic rings. The lowest BCUT2D eigenvalue weighted by molar-refractivity contribution is 0.0953. The van der Waals surface area contributed by atoms with Crippen LogP contribution < -0.4 is 15.6 Å². The Morgan fingerprint density at radius 2 is 1.97 bits per heavy atom. The van der Waals surface area contributed by atoms with Crippen molar-refractivity contribution in [1.82, 2.24) is 14.9 Å². The molecule has 2 heterocycles. The molecule has 0 spiro atoms. The number of nitrogens with one attached hydrogen (secondary N) is 1. The molecule has 33 heavy (non-hydrogen) atoms. The normalized spacial score (nSPS) is 10.8. The summed E-state index contributed by atoms with van der Waals surface area (Å²) in [6, 6.07) is 15.8. The maximum absolute atomic E-state index is 13.3. The number of amides is 1. The number of aryl methyl sites for hydroxylation is 1. The summed E-state index contributed by atoms with van der Waals surface area (Å²) >= 11 is 0. The van der Waals surface area contributed by atoms with Gasteiger partial charge in [-0.2, -0.15) is 0 Å². The first-order chi connectivity index (χ1) is 15.9. The van der Waals surface area contributed by atoms with Gasteiger partial charge in [0, 0.05) is 18.5 Å². The van der Waals surface area contributed by atoms with E-state index in [9.17, 15) is 9.59 Å². The number of nitrogens with zero attached hydrogens (tertiary/aromatic N) is 2. The van der Waals surface area contributed by atoms with Gasteiger partial charge < -0.3 is 14.5 Å². The molecule has 1 N–H and O–H groups in total.